The van der Waals surface area contributed by atoms with Gasteiger partial charge in [0.15, 0.2) is 0 Å². The predicted octanol–water partition coefficient (Wildman–Crippen LogP) is 8.10. The lowest BCUT2D eigenvalue weighted by atomic mass is 9.87. The van der Waals surface area contributed by atoms with Crippen LogP contribution in [0.3, 0.4) is 0 Å². The van der Waals surface area contributed by atoms with Crippen molar-refractivity contribution in [3.63, 3.8) is 0 Å². The number of nitriles is 1. The van der Waals surface area contributed by atoms with E-state index in [1.807, 2.05) is 68.6 Å². The van der Waals surface area contributed by atoms with Crippen molar-refractivity contribution in [2.45, 2.75) is 72.2 Å². The number of amides is 3. The number of hydrogen-bond acceptors (Lipinski definition) is 8. The number of nitrogens with zero attached hydrogens (tertiary/aromatic N) is 6. The van der Waals surface area contributed by atoms with Gasteiger partial charge in [0.25, 0.3) is 11.8 Å². The third kappa shape index (κ3) is 9.36. The van der Waals surface area contributed by atoms with Crippen molar-refractivity contribution in [3.05, 3.63) is 147 Å². The highest BCUT2D eigenvalue weighted by atomic mass is 19.1. The number of benzene rings is 4. The first-order valence-electron chi connectivity index (χ1n) is 23.6. The molecule has 0 bridgehead atoms. The lowest BCUT2D eigenvalue weighted by molar-refractivity contribution is -0.131. The van der Waals surface area contributed by atoms with E-state index in [4.69, 9.17) is 9.47 Å². The number of phenolic OH excluding ortho intramolecular Hbond substituents is 1. The van der Waals surface area contributed by atoms with Crippen LogP contribution in [0.2, 0.25) is 0 Å². The molecule has 0 aliphatic carbocycles. The molecule has 356 valence electrons. The van der Waals surface area contributed by atoms with Crippen LogP contribution in [0.15, 0.2) is 84.9 Å². The molecule has 2 aromatic heterocycles. The summed E-state index contributed by atoms with van der Waals surface area (Å²) in [6.45, 7) is 12.3. The smallest absolute Gasteiger partial charge is 0.258 e. The maximum atomic E-state index is 15.6. The number of aromatic hydroxyl groups is 1. The van der Waals surface area contributed by atoms with Crippen LogP contribution in [0.25, 0.3) is 22.4 Å². The summed E-state index contributed by atoms with van der Waals surface area (Å²) in [5, 5.41) is 23.2. The summed E-state index contributed by atoms with van der Waals surface area (Å²) in [5.74, 6) is -0.848. The largest absolute Gasteiger partial charge is 0.508 e. The van der Waals surface area contributed by atoms with Gasteiger partial charge in [-0.2, -0.15) is 5.26 Å². The number of phenols is 1. The summed E-state index contributed by atoms with van der Waals surface area (Å²) in [6, 6.07) is 27.0. The van der Waals surface area contributed by atoms with Crippen LogP contribution >= 0.6 is 0 Å². The molecule has 5 heterocycles. The summed E-state index contributed by atoms with van der Waals surface area (Å²) >= 11 is 0. The van der Waals surface area contributed by atoms with Crippen molar-refractivity contribution < 1.29 is 33.4 Å². The van der Waals surface area contributed by atoms with Gasteiger partial charge in [-0.05, 0) is 117 Å². The number of carbonyl (C=O) groups excluding carboxylic acids is 3. The van der Waals surface area contributed by atoms with Crippen molar-refractivity contribution in [2.24, 2.45) is 14.1 Å². The van der Waals surface area contributed by atoms with Crippen molar-refractivity contribution in [1.82, 2.24) is 23.8 Å². The Morgan fingerprint density at radius 3 is 2.38 bits per heavy atom. The molecule has 3 aliphatic heterocycles. The minimum atomic E-state index is -0.506. The summed E-state index contributed by atoms with van der Waals surface area (Å²) in [6.07, 6.45) is 1.18. The van der Waals surface area contributed by atoms with Gasteiger partial charge in [0.05, 0.1) is 30.4 Å². The molecule has 1 fully saturated rings. The van der Waals surface area contributed by atoms with E-state index in [0.29, 0.717) is 102 Å². The van der Waals surface area contributed by atoms with E-state index >= 15 is 9.18 Å². The molecular weight excluding hydrogens is 874 g/mol. The van der Waals surface area contributed by atoms with E-state index < -0.39 is 11.7 Å². The number of carbonyl (C=O) groups is 3. The zero-order valence-corrected chi connectivity index (χ0v) is 40.1. The number of aromatic nitrogens is 2. The number of rotatable bonds is 11. The fraction of sp³-hybridized carbons (Fsp3) is 0.345. The average molecular weight is 932 g/mol. The van der Waals surface area contributed by atoms with Crippen LogP contribution < -0.4 is 10.1 Å². The minimum Gasteiger partial charge on any atom is -0.508 e. The average Bonchev–Trinajstić information content (AvgIpc) is 3.77. The summed E-state index contributed by atoms with van der Waals surface area (Å²) in [4.78, 5) is 50.0. The highest BCUT2D eigenvalue weighted by Gasteiger charge is 2.35. The fourth-order valence-electron chi connectivity index (χ4n) is 10.2. The van der Waals surface area contributed by atoms with Crippen molar-refractivity contribution in [1.29, 1.82) is 5.26 Å². The van der Waals surface area contributed by atoms with E-state index in [-0.39, 0.29) is 48.2 Å². The Labute approximate surface area is 402 Å². The standard InChI is InChI=1S/C55H58FN7O6/c1-33-23-37-9-7-8-10-40(37)32-63(33)55(67)48-25-41-31-62(50(65)26-39-11-16-45(28-49(39)56)69-22-20-61-19-21-68-34(2)30-61)18-17-38(41)24-47(48)53-52(46-27-43(29-57)59(5)35(46)3)51(36(4)60(53)6)54(66)58-42-12-14-44(64)15-13-42/h7-16,24-25,27-28,33-34,64H,17-23,26,30-32H2,1-6H3,(H,58,66)/t33-,34+/m1/s1. The molecule has 4 aromatic carbocycles. The lowest BCUT2D eigenvalue weighted by Gasteiger charge is -2.36. The third-order valence-electron chi connectivity index (χ3n) is 14.3. The Balaban J connectivity index is 1.08. The van der Waals surface area contributed by atoms with Crippen molar-refractivity contribution in [3.8, 4) is 40.0 Å². The monoisotopic (exact) mass is 931 g/mol. The van der Waals surface area contributed by atoms with Gasteiger partial charge in [0.2, 0.25) is 5.91 Å². The SMILES string of the molecule is Cc1c(-c2c(C(=O)Nc3ccc(O)cc3)c(C)n(C)c2-c2cc3c(cc2C(=O)N2Cc4ccccc4C[C@H]2C)CN(C(=O)Cc2ccc(OCCN4CCO[C@@H](C)C4)cc2F)CC3)cc(C#N)n1C. The molecule has 13 nitrogen and oxygen atoms in total. The number of ether oxygens (including phenoxy) is 2. The molecule has 9 rings (SSSR count). The quantitative estimate of drug-likeness (QED) is 0.124. The van der Waals surface area contributed by atoms with Gasteiger partial charge in [0.1, 0.15) is 35.7 Å². The first-order chi connectivity index (χ1) is 33.2. The second-order valence-corrected chi connectivity index (χ2v) is 18.7. The van der Waals surface area contributed by atoms with Gasteiger partial charge < -0.3 is 38.8 Å². The Kier molecular flexibility index (Phi) is 13.2. The first kappa shape index (κ1) is 46.9. The molecule has 69 heavy (non-hydrogen) atoms. The Bertz CT molecular complexity index is 3020. The molecule has 0 saturated carbocycles. The maximum Gasteiger partial charge on any atom is 0.258 e. The number of fused-ring (bicyclic) bond motifs is 2. The van der Waals surface area contributed by atoms with E-state index in [1.54, 1.807) is 39.8 Å². The summed E-state index contributed by atoms with van der Waals surface area (Å²) in [7, 11) is 3.69. The molecule has 0 spiro atoms. The van der Waals surface area contributed by atoms with Crippen LogP contribution in [0, 0.1) is 31.0 Å². The van der Waals surface area contributed by atoms with Crippen molar-refractivity contribution >= 4 is 23.4 Å². The molecule has 1 saturated heterocycles. The van der Waals surface area contributed by atoms with E-state index in [2.05, 4.69) is 35.3 Å². The number of nitrogens with one attached hydrogen (secondary N) is 1. The number of morpholine rings is 1. The second kappa shape index (κ2) is 19.4. The summed E-state index contributed by atoms with van der Waals surface area (Å²) in [5.41, 5.74) is 9.89. The Morgan fingerprint density at radius 2 is 1.65 bits per heavy atom. The third-order valence-corrected chi connectivity index (χ3v) is 14.3. The molecule has 0 radical (unpaired) electrons. The molecule has 14 heteroatoms. The molecular formula is C55H58FN7O6. The Hall–Kier alpha value is -7.21. The molecule has 3 amide bonds. The van der Waals surface area contributed by atoms with Gasteiger partial charge in [-0.15, -0.1) is 0 Å². The van der Waals surface area contributed by atoms with E-state index in [9.17, 15) is 20.0 Å². The van der Waals surface area contributed by atoms with Gasteiger partial charge in [0, 0.05) is 105 Å². The number of halogens is 1. The molecule has 6 aromatic rings. The van der Waals surface area contributed by atoms with Gasteiger partial charge in [-0.1, -0.05) is 30.3 Å². The van der Waals surface area contributed by atoms with Gasteiger partial charge >= 0.3 is 0 Å². The topological polar surface area (TPSA) is 145 Å². The van der Waals surface area contributed by atoms with E-state index in [0.717, 1.165) is 35.5 Å². The Morgan fingerprint density at radius 1 is 0.884 bits per heavy atom. The van der Waals surface area contributed by atoms with Crippen LogP contribution in [-0.2, 0) is 56.0 Å². The van der Waals surface area contributed by atoms with Gasteiger partial charge in [-0.3, -0.25) is 19.3 Å². The van der Waals surface area contributed by atoms with Crippen LogP contribution in [-0.4, -0.2) is 98.2 Å². The summed E-state index contributed by atoms with van der Waals surface area (Å²) < 4.78 is 30.8. The normalized spacial score (nSPS) is 17.0. The zero-order valence-electron chi connectivity index (χ0n) is 40.1. The molecule has 0 unspecified atom stereocenters. The number of anilines is 1. The van der Waals surface area contributed by atoms with Crippen LogP contribution in [0.5, 0.6) is 11.5 Å². The second-order valence-electron chi connectivity index (χ2n) is 18.7. The number of hydrogen-bond donors (Lipinski definition) is 2. The van der Waals surface area contributed by atoms with Crippen LogP contribution in [0.4, 0.5) is 10.1 Å². The minimum absolute atomic E-state index is 0.0644. The highest BCUT2D eigenvalue weighted by molar-refractivity contribution is 6.14. The molecule has 3 aliphatic rings. The zero-order chi connectivity index (χ0) is 48.7. The molecule has 2 atom stereocenters. The fourth-order valence-corrected chi connectivity index (χ4v) is 10.2. The van der Waals surface area contributed by atoms with Gasteiger partial charge in [-0.25, -0.2) is 4.39 Å². The highest BCUT2D eigenvalue weighted by Crippen LogP contribution is 2.44. The lowest BCUT2D eigenvalue weighted by Crippen LogP contribution is -2.43. The van der Waals surface area contributed by atoms with E-state index in [1.165, 1.54) is 23.8 Å². The van der Waals surface area contributed by atoms with Crippen molar-refractivity contribution in [2.75, 3.05) is 44.7 Å². The molecule has 2 N–H and O–H groups in total. The van der Waals surface area contributed by atoms with Crippen LogP contribution in [0.1, 0.15) is 79.5 Å². The predicted molar refractivity (Wildman–Crippen MR) is 262 cm³/mol. The maximum absolute atomic E-state index is 15.6. The first-order valence-corrected chi connectivity index (χ1v) is 23.6.